The fourth-order valence-electron chi connectivity index (χ4n) is 2.20. The van der Waals surface area contributed by atoms with Gasteiger partial charge in [0.2, 0.25) is 0 Å². The highest BCUT2D eigenvalue weighted by molar-refractivity contribution is 7.19. The largest absolute Gasteiger partial charge is 0.456 e. The summed E-state index contributed by atoms with van der Waals surface area (Å²) in [6.07, 6.45) is 0. The number of thiophene rings is 2. The first-order valence-corrected chi connectivity index (χ1v) is 9.08. The van der Waals surface area contributed by atoms with Crippen molar-refractivity contribution in [1.29, 1.82) is 0 Å². The maximum atomic E-state index is 12.4. The Morgan fingerprint density at radius 3 is 2.92 bits per heavy atom. The van der Waals surface area contributed by atoms with E-state index in [2.05, 4.69) is 9.97 Å². The summed E-state index contributed by atoms with van der Waals surface area (Å²) < 4.78 is 10.0. The first-order chi connectivity index (χ1) is 11.6. The molecule has 3 aromatic rings. The average Bonchev–Trinajstić information content (AvgIpc) is 3.17. The molecule has 0 unspecified atom stereocenters. The van der Waals surface area contributed by atoms with Crippen LogP contribution in [-0.2, 0) is 20.9 Å². The van der Waals surface area contributed by atoms with Gasteiger partial charge in [0, 0.05) is 27.3 Å². The highest BCUT2D eigenvalue weighted by atomic mass is 32.1. The summed E-state index contributed by atoms with van der Waals surface area (Å²) in [7, 11) is 0. The van der Waals surface area contributed by atoms with Gasteiger partial charge < -0.3 is 14.5 Å². The van der Waals surface area contributed by atoms with Crippen molar-refractivity contribution in [2.24, 2.45) is 0 Å². The van der Waals surface area contributed by atoms with Crippen LogP contribution in [0.2, 0.25) is 0 Å². The number of fused-ring (bicyclic) bond motifs is 1. The van der Waals surface area contributed by atoms with Crippen LogP contribution in [0.5, 0.6) is 0 Å². The SMILES string of the molecule is CCOCC(=O)OCc1nc2scc(-c3ccc(C)s3)c2c(=O)[nH]1. The highest BCUT2D eigenvalue weighted by Crippen LogP contribution is 2.34. The van der Waals surface area contributed by atoms with Gasteiger partial charge in [-0.2, -0.15) is 0 Å². The van der Waals surface area contributed by atoms with Crippen LogP contribution in [0, 0.1) is 6.92 Å². The van der Waals surface area contributed by atoms with Gasteiger partial charge in [0.15, 0.2) is 0 Å². The van der Waals surface area contributed by atoms with Crippen molar-refractivity contribution in [3.8, 4) is 10.4 Å². The molecule has 0 aliphatic heterocycles. The quantitative estimate of drug-likeness (QED) is 0.680. The normalized spacial score (nSPS) is 11.1. The van der Waals surface area contributed by atoms with E-state index in [9.17, 15) is 9.59 Å². The maximum absolute atomic E-state index is 12.4. The Bertz CT molecular complexity index is 926. The molecule has 0 fully saturated rings. The van der Waals surface area contributed by atoms with Crippen LogP contribution in [0.25, 0.3) is 20.7 Å². The summed E-state index contributed by atoms with van der Waals surface area (Å²) in [5, 5.41) is 2.51. The number of hydrogen-bond acceptors (Lipinski definition) is 7. The second kappa shape index (κ2) is 7.25. The molecule has 0 aromatic carbocycles. The maximum Gasteiger partial charge on any atom is 0.332 e. The number of esters is 1. The van der Waals surface area contributed by atoms with Crippen LogP contribution in [0.15, 0.2) is 22.3 Å². The minimum atomic E-state index is -0.486. The van der Waals surface area contributed by atoms with Crippen LogP contribution in [0.4, 0.5) is 0 Å². The molecule has 0 saturated heterocycles. The van der Waals surface area contributed by atoms with E-state index in [1.807, 2.05) is 24.4 Å². The van der Waals surface area contributed by atoms with Crippen LogP contribution >= 0.6 is 22.7 Å². The molecule has 1 N–H and O–H groups in total. The van der Waals surface area contributed by atoms with E-state index in [0.717, 1.165) is 10.4 Å². The number of H-pyrrole nitrogens is 1. The molecule has 3 heterocycles. The van der Waals surface area contributed by atoms with E-state index in [-0.39, 0.29) is 18.8 Å². The van der Waals surface area contributed by atoms with Crippen LogP contribution in [0.3, 0.4) is 0 Å². The van der Waals surface area contributed by atoms with Crippen molar-refractivity contribution in [1.82, 2.24) is 9.97 Å². The molecule has 6 nitrogen and oxygen atoms in total. The molecule has 0 aliphatic rings. The van der Waals surface area contributed by atoms with Crippen molar-refractivity contribution in [3.63, 3.8) is 0 Å². The molecule has 0 saturated carbocycles. The summed E-state index contributed by atoms with van der Waals surface area (Å²) in [5.41, 5.74) is 0.667. The van der Waals surface area contributed by atoms with Gasteiger partial charge in [0.05, 0.1) is 5.39 Å². The number of rotatable bonds is 6. The van der Waals surface area contributed by atoms with Gasteiger partial charge in [-0.05, 0) is 26.0 Å². The lowest BCUT2D eigenvalue weighted by Crippen LogP contribution is -2.16. The van der Waals surface area contributed by atoms with Gasteiger partial charge in [-0.15, -0.1) is 22.7 Å². The zero-order valence-electron chi connectivity index (χ0n) is 13.3. The molecular formula is C16H16N2O4S2. The van der Waals surface area contributed by atoms with Gasteiger partial charge >= 0.3 is 5.97 Å². The summed E-state index contributed by atoms with van der Waals surface area (Å²) >= 11 is 3.04. The predicted molar refractivity (Wildman–Crippen MR) is 94.6 cm³/mol. The Labute approximate surface area is 146 Å². The van der Waals surface area contributed by atoms with Gasteiger partial charge in [0.1, 0.15) is 23.9 Å². The molecule has 0 bridgehead atoms. The molecule has 0 aliphatic carbocycles. The molecule has 3 rings (SSSR count). The second-order valence-corrected chi connectivity index (χ2v) is 7.20. The van der Waals surface area contributed by atoms with Crippen LogP contribution in [0.1, 0.15) is 17.6 Å². The van der Waals surface area contributed by atoms with Gasteiger partial charge in [-0.1, -0.05) is 0 Å². The molecule has 0 amide bonds. The second-order valence-electron chi connectivity index (χ2n) is 5.05. The average molecular weight is 364 g/mol. The minimum absolute atomic E-state index is 0.0809. The Morgan fingerprint density at radius 2 is 2.21 bits per heavy atom. The van der Waals surface area contributed by atoms with Crippen molar-refractivity contribution in [2.75, 3.05) is 13.2 Å². The Hall–Kier alpha value is -2.03. The fraction of sp³-hybridized carbons (Fsp3) is 0.312. The monoisotopic (exact) mass is 364 g/mol. The number of hydrogen-bond donors (Lipinski definition) is 1. The number of carbonyl (C=O) groups is 1. The standard InChI is InChI=1S/C16H16N2O4S2/c1-3-21-7-13(19)22-6-12-17-15(20)14-10(8-23-16(14)18-12)11-5-4-9(2)24-11/h4-5,8H,3,6-7H2,1-2H3,(H,17,18,20). The van der Waals surface area contributed by atoms with E-state index >= 15 is 0 Å². The third kappa shape index (κ3) is 3.55. The zero-order chi connectivity index (χ0) is 17.1. The Balaban J connectivity index is 1.84. The first kappa shape index (κ1) is 16.8. The number of aromatic nitrogens is 2. The van der Waals surface area contributed by atoms with Crippen molar-refractivity contribution < 1.29 is 14.3 Å². The molecule has 8 heteroatoms. The molecule has 0 spiro atoms. The van der Waals surface area contributed by atoms with Crippen LogP contribution in [-0.4, -0.2) is 29.2 Å². The summed E-state index contributed by atoms with van der Waals surface area (Å²) in [6.45, 7) is 4.08. The number of carbonyl (C=O) groups excluding carboxylic acids is 1. The summed E-state index contributed by atoms with van der Waals surface area (Å²) in [4.78, 5) is 33.8. The fourth-order valence-corrected chi connectivity index (χ4v) is 4.12. The lowest BCUT2D eigenvalue weighted by molar-refractivity contribution is -0.150. The van der Waals surface area contributed by atoms with Crippen molar-refractivity contribution in [2.45, 2.75) is 20.5 Å². The molecule has 0 atom stereocenters. The first-order valence-electron chi connectivity index (χ1n) is 7.39. The third-order valence-electron chi connectivity index (χ3n) is 3.29. The molecule has 24 heavy (non-hydrogen) atoms. The Morgan fingerprint density at radius 1 is 1.38 bits per heavy atom. The zero-order valence-corrected chi connectivity index (χ0v) is 14.9. The lowest BCUT2D eigenvalue weighted by atomic mass is 10.2. The van der Waals surface area contributed by atoms with E-state index in [1.54, 1.807) is 18.3 Å². The number of aryl methyl sites for hydroxylation is 1. The minimum Gasteiger partial charge on any atom is -0.456 e. The smallest absolute Gasteiger partial charge is 0.332 e. The highest BCUT2D eigenvalue weighted by Gasteiger charge is 2.14. The van der Waals surface area contributed by atoms with Crippen LogP contribution < -0.4 is 5.56 Å². The third-order valence-corrected chi connectivity index (χ3v) is 5.20. The molecule has 126 valence electrons. The number of nitrogens with zero attached hydrogens (tertiary/aromatic N) is 1. The topological polar surface area (TPSA) is 81.3 Å². The van der Waals surface area contributed by atoms with Gasteiger partial charge in [-0.25, -0.2) is 9.78 Å². The molecule has 3 aromatic heterocycles. The number of nitrogens with one attached hydrogen (secondary N) is 1. The van der Waals surface area contributed by atoms with E-state index < -0.39 is 5.97 Å². The number of aromatic amines is 1. The summed E-state index contributed by atoms with van der Waals surface area (Å²) in [6, 6.07) is 4.03. The van der Waals surface area contributed by atoms with Crippen molar-refractivity contribution >= 4 is 38.9 Å². The van der Waals surface area contributed by atoms with E-state index in [1.165, 1.54) is 16.2 Å². The van der Waals surface area contributed by atoms with Gasteiger partial charge in [-0.3, -0.25) is 4.79 Å². The molecular weight excluding hydrogens is 348 g/mol. The molecule has 0 radical (unpaired) electrons. The van der Waals surface area contributed by atoms with E-state index in [4.69, 9.17) is 9.47 Å². The Kier molecular flexibility index (Phi) is 5.08. The van der Waals surface area contributed by atoms with Gasteiger partial charge in [0.25, 0.3) is 5.56 Å². The predicted octanol–water partition coefficient (Wildman–Crippen LogP) is 3.10. The van der Waals surface area contributed by atoms with E-state index in [0.29, 0.717) is 22.6 Å². The number of ether oxygens (including phenoxy) is 2. The van der Waals surface area contributed by atoms with Crippen molar-refractivity contribution in [3.05, 3.63) is 38.6 Å². The summed E-state index contributed by atoms with van der Waals surface area (Å²) in [5.74, 6) is -0.159. The lowest BCUT2D eigenvalue weighted by Gasteiger charge is -2.04.